The first-order chi connectivity index (χ1) is 12.9. The van der Waals surface area contributed by atoms with Crippen molar-refractivity contribution in [3.8, 4) is 11.5 Å². The summed E-state index contributed by atoms with van der Waals surface area (Å²) in [6, 6.07) is 10.9. The molecule has 7 heteroatoms. The number of fused-ring (bicyclic) bond motifs is 2. The van der Waals surface area contributed by atoms with Gasteiger partial charge in [0.25, 0.3) is 0 Å². The molecule has 0 unspecified atom stereocenters. The van der Waals surface area contributed by atoms with Crippen molar-refractivity contribution >= 4 is 11.5 Å². The average Bonchev–Trinajstić information content (AvgIpc) is 2.94. The molecule has 2 aliphatic heterocycles. The van der Waals surface area contributed by atoms with E-state index in [4.69, 9.17) is 9.73 Å². The van der Waals surface area contributed by atoms with E-state index in [1.54, 1.807) is 6.07 Å². The van der Waals surface area contributed by atoms with E-state index in [-0.39, 0.29) is 0 Å². The number of rotatable bonds is 0. The number of hydrogen-bond donors (Lipinski definition) is 0. The number of ether oxygens (including phenoxy) is 1. The SMILES string of the molecule is CN1CCCN(C2=Nc3ccccc3Oc3ccc(C(F)(F)F)cc32)CC1. The van der Waals surface area contributed by atoms with Gasteiger partial charge >= 0.3 is 6.18 Å². The maximum atomic E-state index is 13.3. The minimum atomic E-state index is -4.42. The lowest BCUT2D eigenvalue weighted by atomic mass is 10.1. The summed E-state index contributed by atoms with van der Waals surface area (Å²) >= 11 is 0. The van der Waals surface area contributed by atoms with Crippen molar-refractivity contribution in [3.05, 3.63) is 53.6 Å². The summed E-state index contributed by atoms with van der Waals surface area (Å²) < 4.78 is 45.8. The standard InChI is InChI=1S/C20H20F3N3O/c1-25-9-4-10-26(12-11-25)19-15-13-14(20(21,22)23)7-8-17(15)27-18-6-3-2-5-16(18)24-19/h2-3,5-8,13H,4,9-12H2,1H3. The summed E-state index contributed by atoms with van der Waals surface area (Å²) in [6.45, 7) is 3.22. The van der Waals surface area contributed by atoms with Crippen molar-refractivity contribution in [2.45, 2.75) is 12.6 Å². The number of para-hydroxylation sites is 2. The Balaban J connectivity index is 1.85. The molecule has 0 saturated carbocycles. The molecule has 0 spiro atoms. The van der Waals surface area contributed by atoms with Crippen LogP contribution in [-0.2, 0) is 6.18 Å². The lowest BCUT2D eigenvalue weighted by molar-refractivity contribution is -0.137. The van der Waals surface area contributed by atoms with Gasteiger partial charge in [0.05, 0.1) is 11.1 Å². The molecule has 2 aromatic carbocycles. The fourth-order valence-corrected chi connectivity index (χ4v) is 3.40. The fourth-order valence-electron chi connectivity index (χ4n) is 3.40. The van der Waals surface area contributed by atoms with Crippen LogP contribution in [0.1, 0.15) is 17.5 Å². The Kier molecular flexibility index (Phi) is 4.55. The van der Waals surface area contributed by atoms with Crippen LogP contribution < -0.4 is 4.74 Å². The number of hydrogen-bond acceptors (Lipinski definition) is 4. The third kappa shape index (κ3) is 3.64. The maximum absolute atomic E-state index is 13.3. The summed E-state index contributed by atoms with van der Waals surface area (Å²) in [6.07, 6.45) is -3.50. The van der Waals surface area contributed by atoms with Crippen LogP contribution in [0.4, 0.5) is 18.9 Å². The molecule has 0 aromatic heterocycles. The summed E-state index contributed by atoms with van der Waals surface area (Å²) in [5.41, 5.74) is 0.302. The number of benzene rings is 2. The van der Waals surface area contributed by atoms with E-state index in [1.165, 1.54) is 6.07 Å². The molecule has 2 heterocycles. The van der Waals surface area contributed by atoms with E-state index < -0.39 is 11.7 Å². The third-order valence-corrected chi connectivity index (χ3v) is 4.88. The zero-order valence-corrected chi connectivity index (χ0v) is 15.0. The molecule has 0 atom stereocenters. The van der Waals surface area contributed by atoms with Crippen molar-refractivity contribution in [1.82, 2.24) is 9.80 Å². The fraction of sp³-hybridized carbons (Fsp3) is 0.350. The first-order valence-corrected chi connectivity index (χ1v) is 8.92. The summed E-state index contributed by atoms with van der Waals surface area (Å²) in [5, 5.41) is 0. The highest BCUT2D eigenvalue weighted by Crippen LogP contribution is 2.40. The van der Waals surface area contributed by atoms with Crippen LogP contribution in [0.5, 0.6) is 11.5 Å². The lowest BCUT2D eigenvalue weighted by Crippen LogP contribution is -2.35. The highest BCUT2D eigenvalue weighted by molar-refractivity contribution is 6.04. The van der Waals surface area contributed by atoms with Gasteiger partial charge in [0.2, 0.25) is 0 Å². The van der Waals surface area contributed by atoms with Crippen LogP contribution >= 0.6 is 0 Å². The molecule has 2 aromatic rings. The molecule has 1 saturated heterocycles. The number of likely N-dealkylation sites (N-methyl/N-ethyl adjacent to an activating group) is 1. The van der Waals surface area contributed by atoms with E-state index in [1.807, 2.05) is 25.2 Å². The minimum absolute atomic E-state index is 0.380. The van der Waals surface area contributed by atoms with Crippen LogP contribution in [0, 0.1) is 0 Å². The molecular weight excluding hydrogens is 355 g/mol. The summed E-state index contributed by atoms with van der Waals surface area (Å²) in [4.78, 5) is 9.01. The molecule has 4 rings (SSSR count). The van der Waals surface area contributed by atoms with Crippen molar-refractivity contribution in [2.75, 3.05) is 33.2 Å². The Morgan fingerprint density at radius 1 is 0.963 bits per heavy atom. The predicted octanol–water partition coefficient (Wildman–Crippen LogP) is 4.53. The van der Waals surface area contributed by atoms with Gasteiger partial charge in [0, 0.05) is 19.6 Å². The molecular formula is C20H20F3N3O. The molecule has 1 fully saturated rings. The molecule has 27 heavy (non-hydrogen) atoms. The van der Waals surface area contributed by atoms with Crippen LogP contribution in [0.2, 0.25) is 0 Å². The number of halogens is 3. The molecule has 0 aliphatic carbocycles. The third-order valence-electron chi connectivity index (χ3n) is 4.88. The number of amidine groups is 1. The van der Waals surface area contributed by atoms with Crippen molar-refractivity contribution in [1.29, 1.82) is 0 Å². The average molecular weight is 375 g/mol. The first-order valence-electron chi connectivity index (χ1n) is 8.92. The highest BCUT2D eigenvalue weighted by Gasteiger charge is 2.33. The largest absolute Gasteiger partial charge is 0.454 e. The number of aliphatic imine (C=N–C) groups is 1. The van der Waals surface area contributed by atoms with E-state index in [2.05, 4.69) is 9.80 Å². The van der Waals surface area contributed by atoms with Crippen LogP contribution in [0.25, 0.3) is 0 Å². The predicted molar refractivity (Wildman–Crippen MR) is 97.8 cm³/mol. The first kappa shape index (κ1) is 17.9. The van der Waals surface area contributed by atoms with Crippen LogP contribution in [0.3, 0.4) is 0 Å². The Morgan fingerprint density at radius 2 is 1.78 bits per heavy atom. The molecule has 0 bridgehead atoms. The number of alkyl halides is 3. The molecule has 142 valence electrons. The van der Waals surface area contributed by atoms with Crippen LogP contribution in [-0.4, -0.2) is 48.9 Å². The Bertz CT molecular complexity index is 879. The molecule has 0 radical (unpaired) electrons. The van der Waals surface area contributed by atoms with Crippen molar-refractivity contribution in [3.63, 3.8) is 0 Å². The lowest BCUT2D eigenvalue weighted by Gasteiger charge is -2.25. The van der Waals surface area contributed by atoms with Gasteiger partial charge < -0.3 is 14.5 Å². The van der Waals surface area contributed by atoms with E-state index in [9.17, 15) is 13.2 Å². The maximum Gasteiger partial charge on any atom is 0.416 e. The number of nitrogens with zero attached hydrogens (tertiary/aromatic N) is 3. The van der Waals surface area contributed by atoms with Gasteiger partial charge in [0.1, 0.15) is 17.3 Å². The molecule has 0 N–H and O–H groups in total. The quantitative estimate of drug-likeness (QED) is 0.677. The van der Waals surface area contributed by atoms with Gasteiger partial charge in [-0.1, -0.05) is 12.1 Å². The van der Waals surface area contributed by atoms with Gasteiger partial charge in [-0.05, 0) is 50.3 Å². The smallest absolute Gasteiger partial charge is 0.416 e. The van der Waals surface area contributed by atoms with E-state index in [0.29, 0.717) is 35.1 Å². The Morgan fingerprint density at radius 3 is 2.59 bits per heavy atom. The van der Waals surface area contributed by atoms with E-state index in [0.717, 1.165) is 38.2 Å². The summed E-state index contributed by atoms with van der Waals surface area (Å²) in [7, 11) is 2.05. The van der Waals surface area contributed by atoms with Crippen molar-refractivity contribution < 1.29 is 17.9 Å². The van der Waals surface area contributed by atoms with Gasteiger partial charge in [-0.25, -0.2) is 4.99 Å². The van der Waals surface area contributed by atoms with Gasteiger partial charge in [0.15, 0.2) is 5.75 Å². The van der Waals surface area contributed by atoms with Gasteiger partial charge in [-0.2, -0.15) is 13.2 Å². The van der Waals surface area contributed by atoms with Gasteiger partial charge in [-0.3, -0.25) is 0 Å². The highest BCUT2D eigenvalue weighted by atomic mass is 19.4. The topological polar surface area (TPSA) is 28.1 Å². The zero-order valence-electron chi connectivity index (χ0n) is 15.0. The molecule has 4 nitrogen and oxygen atoms in total. The van der Waals surface area contributed by atoms with Crippen LogP contribution in [0.15, 0.2) is 47.5 Å². The van der Waals surface area contributed by atoms with Gasteiger partial charge in [-0.15, -0.1) is 0 Å². The minimum Gasteiger partial charge on any atom is -0.454 e. The molecule has 2 aliphatic rings. The zero-order chi connectivity index (χ0) is 19.0. The van der Waals surface area contributed by atoms with E-state index >= 15 is 0 Å². The Labute approximate surface area is 155 Å². The summed E-state index contributed by atoms with van der Waals surface area (Å²) in [5.74, 6) is 1.47. The Hall–Kier alpha value is -2.54. The van der Waals surface area contributed by atoms with Crippen molar-refractivity contribution in [2.24, 2.45) is 4.99 Å². The normalized spacial score (nSPS) is 17.9. The monoisotopic (exact) mass is 375 g/mol. The second-order valence-corrected chi connectivity index (χ2v) is 6.86. The molecule has 0 amide bonds. The second kappa shape index (κ2) is 6.88. The second-order valence-electron chi connectivity index (χ2n) is 6.86.